The van der Waals surface area contributed by atoms with Crippen LogP contribution in [0.4, 0.5) is 0 Å². The fourth-order valence-electron chi connectivity index (χ4n) is 1.76. The number of esters is 2. The van der Waals surface area contributed by atoms with Crippen LogP contribution in [0.25, 0.3) is 0 Å². The van der Waals surface area contributed by atoms with Crippen LogP contribution in [0.15, 0.2) is 34.7 Å². The molecule has 0 aliphatic carbocycles. The van der Waals surface area contributed by atoms with Crippen molar-refractivity contribution in [3.8, 4) is 0 Å². The fourth-order valence-corrected chi connectivity index (χ4v) is 1.95. The van der Waals surface area contributed by atoms with Crippen LogP contribution < -0.4 is 0 Å². The maximum Gasteiger partial charge on any atom is 0.341 e. The molecule has 0 aliphatic rings. The summed E-state index contributed by atoms with van der Waals surface area (Å²) in [5, 5.41) is 0.450. The summed E-state index contributed by atoms with van der Waals surface area (Å²) >= 11 is 5.80. The lowest BCUT2D eigenvalue weighted by Crippen LogP contribution is -2.04. The van der Waals surface area contributed by atoms with Crippen LogP contribution in [0.3, 0.4) is 0 Å². The minimum atomic E-state index is -0.522. The van der Waals surface area contributed by atoms with Gasteiger partial charge < -0.3 is 13.9 Å². The van der Waals surface area contributed by atoms with Gasteiger partial charge in [0.2, 0.25) is 0 Å². The monoisotopic (exact) mass is 308 g/mol. The highest BCUT2D eigenvalue weighted by molar-refractivity contribution is 6.30. The van der Waals surface area contributed by atoms with Gasteiger partial charge in [-0.15, -0.1) is 0 Å². The number of carbonyl (C=O) groups is 2. The molecule has 0 fully saturated rings. The maximum atomic E-state index is 11.8. The van der Waals surface area contributed by atoms with Crippen LogP contribution in [-0.4, -0.2) is 19.0 Å². The number of rotatable bonds is 4. The van der Waals surface area contributed by atoms with E-state index in [1.54, 1.807) is 25.1 Å². The van der Waals surface area contributed by atoms with E-state index in [1.807, 2.05) is 0 Å². The number of ether oxygens (including phenoxy) is 2. The van der Waals surface area contributed by atoms with Gasteiger partial charge in [0.15, 0.2) is 0 Å². The van der Waals surface area contributed by atoms with Crippen molar-refractivity contribution in [1.82, 2.24) is 0 Å². The lowest BCUT2D eigenvalue weighted by molar-refractivity contribution is 0.0444. The Bertz CT molecular complexity index is 674. The van der Waals surface area contributed by atoms with Crippen LogP contribution in [0.5, 0.6) is 0 Å². The molecule has 6 heteroatoms. The Morgan fingerprint density at radius 3 is 2.67 bits per heavy atom. The Morgan fingerprint density at radius 2 is 2.00 bits per heavy atom. The van der Waals surface area contributed by atoms with E-state index < -0.39 is 11.9 Å². The molecule has 0 bridgehead atoms. The summed E-state index contributed by atoms with van der Waals surface area (Å²) in [5.74, 6) is -0.242. The molecule has 0 saturated carbocycles. The van der Waals surface area contributed by atoms with Crippen molar-refractivity contribution in [3.05, 3.63) is 58.0 Å². The van der Waals surface area contributed by atoms with Crippen molar-refractivity contribution < 1.29 is 23.5 Å². The highest BCUT2D eigenvalue weighted by Crippen LogP contribution is 2.17. The Balaban J connectivity index is 2.03. The van der Waals surface area contributed by atoms with Crippen LogP contribution in [0.2, 0.25) is 5.02 Å². The number of carbonyl (C=O) groups excluding carboxylic acids is 2. The smallest absolute Gasteiger partial charge is 0.341 e. The van der Waals surface area contributed by atoms with Crippen LogP contribution in [0.1, 0.15) is 32.2 Å². The van der Waals surface area contributed by atoms with Crippen molar-refractivity contribution >= 4 is 23.5 Å². The first-order valence-electron chi connectivity index (χ1n) is 6.11. The lowest BCUT2D eigenvalue weighted by atomic mass is 10.2. The van der Waals surface area contributed by atoms with E-state index in [0.29, 0.717) is 27.7 Å². The van der Waals surface area contributed by atoms with E-state index in [2.05, 4.69) is 4.74 Å². The standard InChI is InChI=1S/C15H13ClO5/c1-9-13(15(18)19-2)7-12(21-9)8-20-14(17)10-4-3-5-11(16)6-10/h3-7H,8H2,1-2H3. The van der Waals surface area contributed by atoms with E-state index in [0.717, 1.165) is 0 Å². The molecule has 0 saturated heterocycles. The van der Waals surface area contributed by atoms with Gasteiger partial charge in [-0.3, -0.25) is 0 Å². The van der Waals surface area contributed by atoms with E-state index in [1.165, 1.54) is 19.2 Å². The average Bonchev–Trinajstić information content (AvgIpc) is 2.85. The summed E-state index contributed by atoms with van der Waals surface area (Å²) in [6, 6.07) is 7.92. The first-order valence-corrected chi connectivity index (χ1v) is 6.49. The second kappa shape index (κ2) is 6.45. The van der Waals surface area contributed by atoms with E-state index in [9.17, 15) is 9.59 Å². The first-order chi connectivity index (χ1) is 10.0. The molecule has 0 aliphatic heterocycles. The molecule has 1 aromatic heterocycles. The number of hydrogen-bond acceptors (Lipinski definition) is 5. The molecule has 0 amide bonds. The fraction of sp³-hybridized carbons (Fsp3) is 0.200. The molecule has 0 unspecified atom stereocenters. The van der Waals surface area contributed by atoms with Gasteiger partial charge in [0.1, 0.15) is 23.7 Å². The molecule has 2 rings (SSSR count). The summed E-state index contributed by atoms with van der Waals surface area (Å²) in [6.45, 7) is 1.55. The summed E-state index contributed by atoms with van der Waals surface area (Å²) in [4.78, 5) is 23.3. The predicted molar refractivity (Wildman–Crippen MR) is 75.4 cm³/mol. The van der Waals surface area contributed by atoms with Gasteiger partial charge in [-0.1, -0.05) is 17.7 Å². The van der Waals surface area contributed by atoms with E-state index in [4.69, 9.17) is 20.8 Å². The molecule has 5 nitrogen and oxygen atoms in total. The molecule has 0 atom stereocenters. The molecule has 1 aromatic carbocycles. The number of hydrogen-bond donors (Lipinski definition) is 0. The van der Waals surface area contributed by atoms with Crippen LogP contribution in [-0.2, 0) is 16.1 Å². The third-order valence-corrected chi connectivity index (χ3v) is 3.02. The largest absolute Gasteiger partial charge is 0.465 e. The first kappa shape index (κ1) is 15.1. The molecular formula is C15H13ClO5. The highest BCUT2D eigenvalue weighted by atomic mass is 35.5. The second-order valence-electron chi connectivity index (χ2n) is 4.26. The quantitative estimate of drug-likeness (QED) is 0.810. The zero-order valence-electron chi connectivity index (χ0n) is 11.5. The van der Waals surface area contributed by atoms with Gasteiger partial charge in [0.25, 0.3) is 0 Å². The zero-order valence-corrected chi connectivity index (χ0v) is 12.3. The Hall–Kier alpha value is -2.27. The van der Waals surface area contributed by atoms with Crippen molar-refractivity contribution in [3.63, 3.8) is 0 Å². The molecular weight excluding hydrogens is 296 g/mol. The summed E-state index contributed by atoms with van der Waals surface area (Å²) < 4.78 is 15.1. The van der Waals surface area contributed by atoms with E-state index in [-0.39, 0.29) is 6.61 Å². The van der Waals surface area contributed by atoms with Crippen molar-refractivity contribution in [2.24, 2.45) is 0 Å². The topological polar surface area (TPSA) is 65.7 Å². The van der Waals surface area contributed by atoms with Crippen LogP contribution >= 0.6 is 11.6 Å². The third-order valence-electron chi connectivity index (χ3n) is 2.78. The van der Waals surface area contributed by atoms with Crippen molar-refractivity contribution in [2.75, 3.05) is 7.11 Å². The summed E-state index contributed by atoms with van der Waals surface area (Å²) in [7, 11) is 1.29. The molecule has 2 aromatic rings. The summed E-state index contributed by atoms with van der Waals surface area (Å²) in [6.07, 6.45) is 0. The van der Waals surface area contributed by atoms with Gasteiger partial charge in [-0.25, -0.2) is 9.59 Å². The van der Waals surface area contributed by atoms with Crippen molar-refractivity contribution in [1.29, 1.82) is 0 Å². The summed E-state index contributed by atoms with van der Waals surface area (Å²) in [5.41, 5.74) is 0.658. The molecule has 21 heavy (non-hydrogen) atoms. The molecule has 0 N–H and O–H groups in total. The predicted octanol–water partition coefficient (Wildman–Crippen LogP) is 3.39. The second-order valence-corrected chi connectivity index (χ2v) is 4.70. The molecule has 110 valence electrons. The average molecular weight is 309 g/mol. The number of halogens is 1. The highest BCUT2D eigenvalue weighted by Gasteiger charge is 2.16. The molecule has 0 spiro atoms. The molecule has 0 radical (unpaired) electrons. The van der Waals surface area contributed by atoms with E-state index >= 15 is 0 Å². The number of furan rings is 1. The van der Waals surface area contributed by atoms with Gasteiger partial charge in [0.05, 0.1) is 12.7 Å². The Labute approximate surface area is 126 Å². The molecule has 1 heterocycles. The number of aryl methyl sites for hydroxylation is 1. The normalized spacial score (nSPS) is 10.2. The van der Waals surface area contributed by atoms with Gasteiger partial charge in [-0.05, 0) is 31.2 Å². The minimum absolute atomic E-state index is 0.0802. The third kappa shape index (κ3) is 3.64. The number of benzene rings is 1. The van der Waals surface area contributed by atoms with Crippen molar-refractivity contribution in [2.45, 2.75) is 13.5 Å². The Morgan fingerprint density at radius 1 is 1.24 bits per heavy atom. The zero-order chi connectivity index (χ0) is 15.4. The van der Waals surface area contributed by atoms with Gasteiger partial charge in [0, 0.05) is 5.02 Å². The van der Waals surface area contributed by atoms with Crippen LogP contribution in [0, 0.1) is 6.92 Å². The van der Waals surface area contributed by atoms with Gasteiger partial charge in [-0.2, -0.15) is 0 Å². The maximum absolute atomic E-state index is 11.8. The minimum Gasteiger partial charge on any atom is -0.465 e. The van der Waals surface area contributed by atoms with Gasteiger partial charge >= 0.3 is 11.9 Å². The Kier molecular flexibility index (Phi) is 4.65. The SMILES string of the molecule is COC(=O)c1cc(COC(=O)c2cccc(Cl)c2)oc1C. The lowest BCUT2D eigenvalue weighted by Gasteiger charge is -2.03. The number of methoxy groups -OCH3 is 1.